The molecular formula is C18H26N2O3. The van der Waals surface area contributed by atoms with Crippen molar-refractivity contribution in [3.05, 3.63) is 35.9 Å². The predicted molar refractivity (Wildman–Crippen MR) is 92.1 cm³/mol. The lowest BCUT2D eigenvalue weighted by molar-refractivity contribution is -0.127. The van der Waals surface area contributed by atoms with Gasteiger partial charge in [-0.2, -0.15) is 0 Å². The van der Waals surface area contributed by atoms with Crippen molar-refractivity contribution in [1.29, 1.82) is 0 Å². The smallest absolute Gasteiger partial charge is 0.244 e. The van der Waals surface area contributed by atoms with E-state index in [1.165, 1.54) is 6.08 Å². The summed E-state index contributed by atoms with van der Waals surface area (Å²) in [5.41, 5.74) is 0.884. The van der Waals surface area contributed by atoms with Gasteiger partial charge < -0.3 is 15.4 Å². The van der Waals surface area contributed by atoms with E-state index in [-0.39, 0.29) is 17.9 Å². The van der Waals surface area contributed by atoms with E-state index in [4.69, 9.17) is 4.74 Å². The first kappa shape index (κ1) is 18.7. The summed E-state index contributed by atoms with van der Waals surface area (Å²) in [6.45, 7) is 5.70. The minimum absolute atomic E-state index is 0.113. The van der Waals surface area contributed by atoms with Crippen LogP contribution in [0.2, 0.25) is 0 Å². The number of carbonyl (C=O) groups excluding carboxylic acids is 2. The minimum Gasteiger partial charge on any atom is -0.497 e. The second kappa shape index (κ2) is 9.66. The third kappa shape index (κ3) is 7.00. The van der Waals surface area contributed by atoms with Crippen LogP contribution in [0.3, 0.4) is 0 Å². The molecule has 5 heteroatoms. The monoisotopic (exact) mass is 318 g/mol. The summed E-state index contributed by atoms with van der Waals surface area (Å²) in [4.78, 5) is 23.8. The molecule has 0 saturated heterocycles. The molecule has 0 bridgehead atoms. The standard InChI is InChI=1S/C18H26N2O3/c1-5-6-13(2)19-18(22)14(3)20-17(21)12-9-15-7-10-16(23-4)11-8-15/h7-14H,5-6H2,1-4H3,(H,19,22)(H,20,21)/b12-9+. The van der Waals surface area contributed by atoms with Crippen LogP contribution in [0.25, 0.3) is 6.08 Å². The number of carbonyl (C=O) groups is 2. The topological polar surface area (TPSA) is 67.4 Å². The van der Waals surface area contributed by atoms with Gasteiger partial charge in [-0.3, -0.25) is 9.59 Å². The van der Waals surface area contributed by atoms with Crippen molar-refractivity contribution < 1.29 is 14.3 Å². The Bertz CT molecular complexity index is 538. The zero-order chi connectivity index (χ0) is 17.2. The molecule has 1 aromatic carbocycles. The Morgan fingerprint density at radius 2 is 1.83 bits per heavy atom. The maximum atomic E-state index is 11.9. The fraction of sp³-hybridized carbons (Fsp3) is 0.444. The van der Waals surface area contributed by atoms with Crippen molar-refractivity contribution >= 4 is 17.9 Å². The lowest BCUT2D eigenvalue weighted by atomic mass is 10.2. The molecule has 0 aliphatic carbocycles. The number of nitrogens with one attached hydrogen (secondary N) is 2. The molecule has 0 heterocycles. The van der Waals surface area contributed by atoms with Gasteiger partial charge >= 0.3 is 0 Å². The lowest BCUT2D eigenvalue weighted by Gasteiger charge is -2.17. The van der Waals surface area contributed by atoms with Crippen LogP contribution in [0.5, 0.6) is 5.75 Å². The molecule has 0 saturated carbocycles. The molecule has 0 fully saturated rings. The highest BCUT2D eigenvalue weighted by Crippen LogP contribution is 2.12. The zero-order valence-corrected chi connectivity index (χ0v) is 14.3. The third-order valence-electron chi connectivity index (χ3n) is 3.41. The number of methoxy groups -OCH3 is 1. The molecule has 1 rings (SSSR count). The molecular weight excluding hydrogens is 292 g/mol. The van der Waals surface area contributed by atoms with Crippen molar-refractivity contribution in [3.8, 4) is 5.75 Å². The Morgan fingerprint density at radius 1 is 1.17 bits per heavy atom. The summed E-state index contributed by atoms with van der Waals surface area (Å²) >= 11 is 0. The highest BCUT2D eigenvalue weighted by atomic mass is 16.5. The van der Waals surface area contributed by atoms with Crippen molar-refractivity contribution in [2.45, 2.75) is 45.7 Å². The number of ether oxygens (including phenoxy) is 1. The Labute approximate surface area is 138 Å². The Morgan fingerprint density at radius 3 is 2.39 bits per heavy atom. The highest BCUT2D eigenvalue weighted by molar-refractivity contribution is 5.95. The van der Waals surface area contributed by atoms with Gasteiger partial charge in [0.1, 0.15) is 11.8 Å². The highest BCUT2D eigenvalue weighted by Gasteiger charge is 2.15. The largest absolute Gasteiger partial charge is 0.497 e. The average Bonchev–Trinajstić information content (AvgIpc) is 2.53. The van der Waals surface area contributed by atoms with Gasteiger partial charge in [-0.15, -0.1) is 0 Å². The van der Waals surface area contributed by atoms with Crippen LogP contribution in [-0.2, 0) is 9.59 Å². The van der Waals surface area contributed by atoms with Gasteiger partial charge in [0.2, 0.25) is 11.8 Å². The third-order valence-corrected chi connectivity index (χ3v) is 3.41. The van der Waals surface area contributed by atoms with Crippen LogP contribution in [0.15, 0.2) is 30.3 Å². The van der Waals surface area contributed by atoms with E-state index in [0.29, 0.717) is 0 Å². The normalized spacial score (nSPS) is 13.4. The molecule has 0 spiro atoms. The van der Waals surface area contributed by atoms with E-state index < -0.39 is 6.04 Å². The van der Waals surface area contributed by atoms with E-state index in [0.717, 1.165) is 24.2 Å². The van der Waals surface area contributed by atoms with E-state index >= 15 is 0 Å². The Hall–Kier alpha value is -2.30. The molecule has 2 atom stereocenters. The molecule has 2 amide bonds. The molecule has 0 aliphatic rings. The fourth-order valence-electron chi connectivity index (χ4n) is 2.09. The molecule has 2 N–H and O–H groups in total. The first-order valence-electron chi connectivity index (χ1n) is 7.89. The van der Waals surface area contributed by atoms with Crippen molar-refractivity contribution in [2.75, 3.05) is 7.11 Å². The first-order valence-corrected chi connectivity index (χ1v) is 7.89. The van der Waals surface area contributed by atoms with Gasteiger partial charge in [0, 0.05) is 12.1 Å². The van der Waals surface area contributed by atoms with E-state index in [9.17, 15) is 9.59 Å². The second-order valence-corrected chi connectivity index (χ2v) is 5.54. The Balaban J connectivity index is 2.47. The van der Waals surface area contributed by atoms with Gasteiger partial charge in [0.25, 0.3) is 0 Å². The molecule has 126 valence electrons. The maximum Gasteiger partial charge on any atom is 0.244 e. The van der Waals surface area contributed by atoms with Crippen molar-refractivity contribution in [3.63, 3.8) is 0 Å². The summed E-state index contributed by atoms with van der Waals surface area (Å²) in [7, 11) is 1.60. The van der Waals surface area contributed by atoms with Crippen LogP contribution >= 0.6 is 0 Å². The number of benzene rings is 1. The first-order chi connectivity index (χ1) is 11.0. The quantitative estimate of drug-likeness (QED) is 0.724. The predicted octanol–water partition coefficient (Wildman–Crippen LogP) is 2.52. The van der Waals surface area contributed by atoms with Gasteiger partial charge in [0.15, 0.2) is 0 Å². The molecule has 0 radical (unpaired) electrons. The summed E-state index contributed by atoms with van der Waals surface area (Å²) in [5, 5.41) is 5.54. The molecule has 23 heavy (non-hydrogen) atoms. The molecule has 2 unspecified atom stereocenters. The van der Waals surface area contributed by atoms with Gasteiger partial charge in [-0.25, -0.2) is 0 Å². The summed E-state index contributed by atoms with van der Waals surface area (Å²) < 4.78 is 5.07. The summed E-state index contributed by atoms with van der Waals surface area (Å²) in [5.74, 6) is 0.293. The number of rotatable bonds is 8. The van der Waals surface area contributed by atoms with E-state index in [2.05, 4.69) is 17.6 Å². The average molecular weight is 318 g/mol. The Kier molecular flexibility index (Phi) is 7.88. The molecule has 0 aromatic heterocycles. The van der Waals surface area contributed by atoms with Gasteiger partial charge in [-0.1, -0.05) is 25.5 Å². The van der Waals surface area contributed by atoms with Crippen molar-refractivity contribution in [2.24, 2.45) is 0 Å². The number of amides is 2. The van der Waals surface area contributed by atoms with Crippen LogP contribution in [0.4, 0.5) is 0 Å². The van der Waals surface area contributed by atoms with Gasteiger partial charge in [0.05, 0.1) is 7.11 Å². The second-order valence-electron chi connectivity index (χ2n) is 5.54. The van der Waals surface area contributed by atoms with E-state index in [1.54, 1.807) is 20.1 Å². The lowest BCUT2D eigenvalue weighted by Crippen LogP contribution is -2.47. The SMILES string of the molecule is CCCC(C)NC(=O)C(C)NC(=O)/C=C/c1ccc(OC)cc1. The molecule has 5 nitrogen and oxygen atoms in total. The zero-order valence-electron chi connectivity index (χ0n) is 14.3. The molecule has 0 aliphatic heterocycles. The fourth-order valence-corrected chi connectivity index (χ4v) is 2.09. The van der Waals surface area contributed by atoms with Crippen molar-refractivity contribution in [1.82, 2.24) is 10.6 Å². The van der Waals surface area contributed by atoms with Crippen LogP contribution in [0, 0.1) is 0 Å². The van der Waals surface area contributed by atoms with E-state index in [1.807, 2.05) is 31.2 Å². The number of hydrogen-bond donors (Lipinski definition) is 2. The summed E-state index contributed by atoms with van der Waals surface area (Å²) in [6, 6.07) is 6.89. The van der Waals surface area contributed by atoms with Gasteiger partial charge in [-0.05, 0) is 44.0 Å². The van der Waals surface area contributed by atoms with Crippen LogP contribution in [-0.4, -0.2) is 31.0 Å². The summed E-state index contributed by atoms with van der Waals surface area (Å²) in [6.07, 6.45) is 5.04. The van der Waals surface area contributed by atoms with Crippen LogP contribution < -0.4 is 15.4 Å². The number of hydrogen-bond acceptors (Lipinski definition) is 3. The maximum absolute atomic E-state index is 11.9. The van der Waals surface area contributed by atoms with Crippen LogP contribution in [0.1, 0.15) is 39.2 Å². The molecule has 1 aromatic rings. The minimum atomic E-state index is -0.567.